The van der Waals surface area contributed by atoms with Gasteiger partial charge in [0.25, 0.3) is 5.56 Å². The predicted molar refractivity (Wildman–Crippen MR) is 60.8 cm³/mol. The van der Waals surface area contributed by atoms with Crippen molar-refractivity contribution in [1.82, 2.24) is 9.13 Å². The van der Waals surface area contributed by atoms with Gasteiger partial charge in [0.15, 0.2) is 0 Å². The third-order valence-corrected chi connectivity index (χ3v) is 2.16. The molecule has 1 aromatic rings. The molecule has 0 spiro atoms. The van der Waals surface area contributed by atoms with E-state index in [9.17, 15) is 9.59 Å². The third kappa shape index (κ3) is 2.94. The van der Waals surface area contributed by atoms with Crippen LogP contribution in [0.4, 0.5) is 0 Å². The fourth-order valence-electron chi connectivity index (χ4n) is 1.22. The average Bonchev–Trinajstić information content (AvgIpc) is 2.23. The Labute approximate surface area is 88.5 Å². The van der Waals surface area contributed by atoms with Gasteiger partial charge in [0, 0.05) is 25.5 Å². The van der Waals surface area contributed by atoms with Crippen molar-refractivity contribution >= 4 is 6.20 Å². The molecule has 0 aliphatic carbocycles. The Balaban J connectivity index is 2.95. The fourth-order valence-corrected chi connectivity index (χ4v) is 1.22. The SMILES string of the molecule is CCCC/C=C/n1c(=O)ccn(C)c1=O. The van der Waals surface area contributed by atoms with Gasteiger partial charge in [0.1, 0.15) is 0 Å². The molecule has 4 heteroatoms. The Morgan fingerprint density at radius 1 is 1.40 bits per heavy atom. The summed E-state index contributed by atoms with van der Waals surface area (Å²) in [5, 5.41) is 0. The van der Waals surface area contributed by atoms with Crippen LogP contribution in [0.25, 0.3) is 6.20 Å². The van der Waals surface area contributed by atoms with Crippen LogP contribution in [-0.4, -0.2) is 9.13 Å². The Hall–Kier alpha value is -1.58. The maximum Gasteiger partial charge on any atom is 0.334 e. The number of aromatic nitrogens is 2. The van der Waals surface area contributed by atoms with Gasteiger partial charge in [-0.2, -0.15) is 0 Å². The van der Waals surface area contributed by atoms with Gasteiger partial charge >= 0.3 is 5.69 Å². The zero-order valence-electron chi connectivity index (χ0n) is 9.14. The first-order chi connectivity index (χ1) is 7.16. The van der Waals surface area contributed by atoms with Crippen molar-refractivity contribution in [3.05, 3.63) is 39.2 Å². The number of allylic oxidation sites excluding steroid dienone is 1. The highest BCUT2D eigenvalue weighted by Gasteiger charge is 1.97. The van der Waals surface area contributed by atoms with Crippen molar-refractivity contribution in [3.63, 3.8) is 0 Å². The molecular formula is C11H16N2O2. The second-order valence-corrected chi connectivity index (χ2v) is 3.44. The van der Waals surface area contributed by atoms with Gasteiger partial charge in [-0.3, -0.25) is 4.79 Å². The molecule has 1 heterocycles. The molecule has 15 heavy (non-hydrogen) atoms. The Morgan fingerprint density at radius 2 is 2.13 bits per heavy atom. The number of rotatable bonds is 4. The summed E-state index contributed by atoms with van der Waals surface area (Å²) in [6.45, 7) is 2.10. The van der Waals surface area contributed by atoms with Crippen LogP contribution in [-0.2, 0) is 7.05 Å². The van der Waals surface area contributed by atoms with Crippen LogP contribution in [0.2, 0.25) is 0 Å². The van der Waals surface area contributed by atoms with Crippen LogP contribution in [0.5, 0.6) is 0 Å². The van der Waals surface area contributed by atoms with Crippen LogP contribution in [0.1, 0.15) is 26.2 Å². The van der Waals surface area contributed by atoms with Crippen LogP contribution >= 0.6 is 0 Å². The lowest BCUT2D eigenvalue weighted by Gasteiger charge is -2.00. The molecule has 0 amide bonds. The van der Waals surface area contributed by atoms with Gasteiger partial charge in [0.05, 0.1) is 0 Å². The molecule has 0 aromatic carbocycles. The van der Waals surface area contributed by atoms with E-state index in [4.69, 9.17) is 0 Å². The third-order valence-electron chi connectivity index (χ3n) is 2.16. The highest BCUT2D eigenvalue weighted by atomic mass is 16.2. The minimum atomic E-state index is -0.310. The molecule has 0 aliphatic rings. The van der Waals surface area contributed by atoms with E-state index in [1.54, 1.807) is 13.2 Å². The lowest BCUT2D eigenvalue weighted by Crippen LogP contribution is -2.34. The molecular weight excluding hydrogens is 192 g/mol. The van der Waals surface area contributed by atoms with Gasteiger partial charge in [-0.15, -0.1) is 0 Å². The van der Waals surface area contributed by atoms with Crippen molar-refractivity contribution < 1.29 is 0 Å². The smallest absolute Gasteiger partial charge is 0.303 e. The standard InChI is InChI=1S/C11H16N2O2/c1-3-4-5-6-8-13-10(14)7-9-12(2)11(13)15/h6-9H,3-5H2,1-2H3/b8-6+. The first kappa shape index (κ1) is 11.5. The number of hydrogen-bond donors (Lipinski definition) is 0. The number of aryl methyl sites for hydroxylation is 1. The summed E-state index contributed by atoms with van der Waals surface area (Å²) < 4.78 is 2.50. The Kier molecular flexibility index (Phi) is 4.09. The summed E-state index contributed by atoms with van der Waals surface area (Å²) in [7, 11) is 1.62. The minimum Gasteiger partial charge on any atom is -0.303 e. The van der Waals surface area contributed by atoms with Gasteiger partial charge < -0.3 is 4.57 Å². The molecule has 0 radical (unpaired) electrons. The normalized spacial score (nSPS) is 11.1. The fraction of sp³-hybridized carbons (Fsp3) is 0.455. The van der Waals surface area contributed by atoms with Crippen molar-refractivity contribution in [2.24, 2.45) is 7.05 Å². The van der Waals surface area contributed by atoms with E-state index >= 15 is 0 Å². The molecule has 1 rings (SSSR count). The lowest BCUT2D eigenvalue weighted by atomic mass is 10.2. The average molecular weight is 208 g/mol. The highest BCUT2D eigenvalue weighted by molar-refractivity contribution is 5.21. The highest BCUT2D eigenvalue weighted by Crippen LogP contribution is 1.94. The van der Waals surface area contributed by atoms with Crippen LogP contribution < -0.4 is 11.2 Å². The van der Waals surface area contributed by atoms with E-state index in [2.05, 4.69) is 6.92 Å². The monoisotopic (exact) mass is 208 g/mol. The van der Waals surface area contributed by atoms with Crippen molar-refractivity contribution in [3.8, 4) is 0 Å². The lowest BCUT2D eigenvalue weighted by molar-refractivity contribution is 0.753. The summed E-state index contributed by atoms with van der Waals surface area (Å²) in [4.78, 5) is 22.9. The number of unbranched alkanes of at least 4 members (excludes halogenated alkanes) is 2. The Morgan fingerprint density at radius 3 is 2.80 bits per heavy atom. The van der Waals surface area contributed by atoms with Crippen LogP contribution in [0, 0.1) is 0 Å². The summed E-state index contributed by atoms with van der Waals surface area (Å²) in [6.07, 6.45) is 7.94. The number of hydrogen-bond acceptors (Lipinski definition) is 2. The Bertz CT molecular complexity index is 454. The summed E-state index contributed by atoms with van der Waals surface area (Å²) in [5.41, 5.74) is -0.596. The molecule has 0 atom stereocenters. The second kappa shape index (κ2) is 5.34. The molecule has 0 bridgehead atoms. The molecule has 0 N–H and O–H groups in total. The van der Waals surface area contributed by atoms with E-state index in [0.29, 0.717) is 0 Å². The largest absolute Gasteiger partial charge is 0.334 e. The number of nitrogens with zero attached hydrogens (tertiary/aromatic N) is 2. The van der Waals surface area contributed by atoms with Crippen LogP contribution in [0.15, 0.2) is 27.9 Å². The zero-order valence-corrected chi connectivity index (χ0v) is 9.14. The van der Waals surface area contributed by atoms with E-state index in [1.165, 1.54) is 16.8 Å². The van der Waals surface area contributed by atoms with Crippen molar-refractivity contribution in [2.45, 2.75) is 26.2 Å². The summed E-state index contributed by atoms with van der Waals surface area (Å²) in [6, 6.07) is 1.38. The maximum absolute atomic E-state index is 11.5. The first-order valence-electron chi connectivity index (χ1n) is 5.11. The quantitative estimate of drug-likeness (QED) is 0.698. The van der Waals surface area contributed by atoms with Gasteiger partial charge in [-0.1, -0.05) is 25.8 Å². The van der Waals surface area contributed by atoms with E-state index in [-0.39, 0.29) is 11.2 Å². The molecule has 0 fully saturated rings. The van der Waals surface area contributed by atoms with E-state index in [0.717, 1.165) is 23.8 Å². The molecule has 0 unspecified atom stereocenters. The van der Waals surface area contributed by atoms with E-state index in [1.807, 2.05) is 6.08 Å². The van der Waals surface area contributed by atoms with Gasteiger partial charge in [-0.05, 0) is 6.42 Å². The molecule has 0 aliphatic heterocycles. The first-order valence-corrected chi connectivity index (χ1v) is 5.11. The van der Waals surface area contributed by atoms with Crippen molar-refractivity contribution in [2.75, 3.05) is 0 Å². The predicted octanol–water partition coefficient (Wildman–Crippen LogP) is 1.21. The molecule has 0 saturated heterocycles. The van der Waals surface area contributed by atoms with Crippen LogP contribution in [0.3, 0.4) is 0 Å². The van der Waals surface area contributed by atoms with Gasteiger partial charge in [0.2, 0.25) is 0 Å². The van der Waals surface area contributed by atoms with E-state index < -0.39 is 0 Å². The molecule has 0 saturated carbocycles. The minimum absolute atomic E-state index is 0.286. The molecule has 4 nitrogen and oxygen atoms in total. The summed E-state index contributed by atoms with van der Waals surface area (Å²) in [5.74, 6) is 0. The maximum atomic E-state index is 11.5. The topological polar surface area (TPSA) is 44.0 Å². The summed E-state index contributed by atoms with van der Waals surface area (Å²) >= 11 is 0. The van der Waals surface area contributed by atoms with Crippen molar-refractivity contribution in [1.29, 1.82) is 0 Å². The molecule has 1 aromatic heterocycles. The van der Waals surface area contributed by atoms with Gasteiger partial charge in [-0.25, -0.2) is 9.36 Å². The molecule has 82 valence electrons. The second-order valence-electron chi connectivity index (χ2n) is 3.44. The zero-order chi connectivity index (χ0) is 11.3.